The lowest BCUT2D eigenvalue weighted by Gasteiger charge is -2.10. The predicted molar refractivity (Wildman–Crippen MR) is 86.3 cm³/mol. The molecule has 0 unspecified atom stereocenters. The van der Waals surface area contributed by atoms with E-state index >= 15 is 0 Å². The molecule has 4 nitrogen and oxygen atoms in total. The SMILES string of the molecule is Cc1cccc(Oc2ccc(NCc3ccco3)cn2)c1C. The van der Waals surface area contributed by atoms with Crippen molar-refractivity contribution in [1.82, 2.24) is 4.98 Å². The Balaban J connectivity index is 1.65. The third kappa shape index (κ3) is 3.28. The van der Waals surface area contributed by atoms with E-state index in [0.29, 0.717) is 12.4 Å². The fourth-order valence-electron chi connectivity index (χ4n) is 2.09. The van der Waals surface area contributed by atoms with Gasteiger partial charge in [-0.1, -0.05) is 12.1 Å². The number of nitrogens with zero attached hydrogens (tertiary/aromatic N) is 1. The van der Waals surface area contributed by atoms with Crippen LogP contribution in [0, 0.1) is 13.8 Å². The van der Waals surface area contributed by atoms with Gasteiger partial charge >= 0.3 is 0 Å². The molecule has 2 aromatic heterocycles. The van der Waals surface area contributed by atoms with Crippen molar-refractivity contribution in [1.29, 1.82) is 0 Å². The third-order valence-corrected chi connectivity index (χ3v) is 3.55. The first kappa shape index (κ1) is 14.2. The second kappa shape index (κ2) is 6.35. The summed E-state index contributed by atoms with van der Waals surface area (Å²) in [4.78, 5) is 4.33. The van der Waals surface area contributed by atoms with Gasteiger partial charge in [-0.05, 0) is 49.2 Å². The molecule has 112 valence electrons. The quantitative estimate of drug-likeness (QED) is 0.741. The minimum absolute atomic E-state index is 0.581. The summed E-state index contributed by atoms with van der Waals surface area (Å²) in [6.45, 7) is 4.74. The van der Waals surface area contributed by atoms with Gasteiger partial charge in [0.1, 0.15) is 11.5 Å². The molecular weight excluding hydrogens is 276 g/mol. The topological polar surface area (TPSA) is 47.3 Å². The molecule has 3 aromatic rings. The lowest BCUT2D eigenvalue weighted by atomic mass is 10.1. The summed E-state index contributed by atoms with van der Waals surface area (Å²) >= 11 is 0. The number of hydrogen-bond donors (Lipinski definition) is 1. The van der Waals surface area contributed by atoms with Crippen molar-refractivity contribution >= 4 is 5.69 Å². The van der Waals surface area contributed by atoms with E-state index in [1.165, 1.54) is 5.56 Å². The highest BCUT2D eigenvalue weighted by atomic mass is 16.5. The zero-order valence-corrected chi connectivity index (χ0v) is 12.7. The average molecular weight is 294 g/mol. The van der Waals surface area contributed by atoms with Gasteiger partial charge in [0, 0.05) is 6.07 Å². The molecule has 4 heteroatoms. The molecule has 3 rings (SSSR count). The van der Waals surface area contributed by atoms with E-state index in [4.69, 9.17) is 9.15 Å². The molecule has 1 aromatic carbocycles. The number of benzene rings is 1. The summed E-state index contributed by atoms with van der Waals surface area (Å²) in [5, 5.41) is 3.25. The van der Waals surface area contributed by atoms with Gasteiger partial charge in [-0.2, -0.15) is 0 Å². The molecule has 0 aliphatic rings. The minimum atomic E-state index is 0.581. The van der Waals surface area contributed by atoms with Gasteiger partial charge in [0.05, 0.1) is 24.7 Å². The van der Waals surface area contributed by atoms with Crippen molar-refractivity contribution in [2.75, 3.05) is 5.32 Å². The number of anilines is 1. The highest BCUT2D eigenvalue weighted by Gasteiger charge is 2.04. The van der Waals surface area contributed by atoms with Crippen molar-refractivity contribution in [3.8, 4) is 11.6 Å². The van der Waals surface area contributed by atoms with E-state index in [-0.39, 0.29) is 0 Å². The van der Waals surface area contributed by atoms with Gasteiger partial charge in [0.15, 0.2) is 0 Å². The maximum absolute atomic E-state index is 5.84. The van der Waals surface area contributed by atoms with Crippen molar-refractivity contribution < 1.29 is 9.15 Å². The Kier molecular flexibility index (Phi) is 4.10. The Morgan fingerprint density at radius 2 is 2.00 bits per heavy atom. The number of nitrogens with one attached hydrogen (secondary N) is 1. The molecule has 1 N–H and O–H groups in total. The Morgan fingerprint density at radius 3 is 2.73 bits per heavy atom. The molecule has 0 radical (unpaired) electrons. The first-order valence-electron chi connectivity index (χ1n) is 7.19. The van der Waals surface area contributed by atoms with Crippen molar-refractivity contribution in [3.05, 3.63) is 71.8 Å². The van der Waals surface area contributed by atoms with E-state index in [1.807, 2.05) is 43.3 Å². The molecular formula is C18H18N2O2. The average Bonchev–Trinajstić information content (AvgIpc) is 3.05. The van der Waals surface area contributed by atoms with Crippen LogP contribution in [0.25, 0.3) is 0 Å². The molecule has 0 fully saturated rings. The number of aryl methyl sites for hydroxylation is 1. The molecule has 0 amide bonds. The number of aromatic nitrogens is 1. The van der Waals surface area contributed by atoms with Crippen LogP contribution in [-0.2, 0) is 6.54 Å². The zero-order chi connectivity index (χ0) is 15.4. The van der Waals surface area contributed by atoms with Gasteiger partial charge in [-0.3, -0.25) is 0 Å². The van der Waals surface area contributed by atoms with Gasteiger partial charge in [0.2, 0.25) is 5.88 Å². The largest absolute Gasteiger partial charge is 0.467 e. The van der Waals surface area contributed by atoms with Gasteiger partial charge in [-0.25, -0.2) is 4.98 Å². The monoisotopic (exact) mass is 294 g/mol. The molecule has 0 saturated heterocycles. The molecule has 0 saturated carbocycles. The summed E-state index contributed by atoms with van der Waals surface area (Å²) in [6, 6.07) is 13.6. The molecule has 22 heavy (non-hydrogen) atoms. The Hall–Kier alpha value is -2.75. The van der Waals surface area contributed by atoms with Crippen LogP contribution in [0.1, 0.15) is 16.9 Å². The van der Waals surface area contributed by atoms with Gasteiger partial charge < -0.3 is 14.5 Å². The van der Waals surface area contributed by atoms with Crippen LogP contribution >= 0.6 is 0 Å². The maximum Gasteiger partial charge on any atom is 0.219 e. The van der Waals surface area contributed by atoms with Gasteiger partial charge in [0.25, 0.3) is 0 Å². The number of pyridine rings is 1. The highest BCUT2D eigenvalue weighted by molar-refractivity contribution is 5.44. The number of rotatable bonds is 5. The fraction of sp³-hybridized carbons (Fsp3) is 0.167. The van der Waals surface area contributed by atoms with E-state index < -0.39 is 0 Å². The zero-order valence-electron chi connectivity index (χ0n) is 12.7. The Bertz CT molecular complexity index is 734. The van der Waals surface area contributed by atoms with Crippen LogP contribution in [0.5, 0.6) is 11.6 Å². The second-order valence-corrected chi connectivity index (χ2v) is 5.12. The van der Waals surface area contributed by atoms with E-state index in [1.54, 1.807) is 12.5 Å². The van der Waals surface area contributed by atoms with Crippen LogP contribution < -0.4 is 10.1 Å². The van der Waals surface area contributed by atoms with Gasteiger partial charge in [-0.15, -0.1) is 0 Å². The lowest BCUT2D eigenvalue weighted by Crippen LogP contribution is -1.99. The van der Waals surface area contributed by atoms with Crippen LogP contribution in [0.4, 0.5) is 5.69 Å². The number of furan rings is 1. The number of ether oxygens (including phenoxy) is 1. The van der Waals surface area contributed by atoms with E-state index in [2.05, 4.69) is 23.3 Å². The molecule has 0 aliphatic heterocycles. The normalized spacial score (nSPS) is 10.5. The Morgan fingerprint density at radius 1 is 1.09 bits per heavy atom. The molecule has 0 atom stereocenters. The Labute approximate surface area is 129 Å². The van der Waals surface area contributed by atoms with Crippen LogP contribution in [0.2, 0.25) is 0 Å². The smallest absolute Gasteiger partial charge is 0.219 e. The lowest BCUT2D eigenvalue weighted by molar-refractivity contribution is 0.459. The first-order chi connectivity index (χ1) is 10.7. The summed E-state index contributed by atoms with van der Waals surface area (Å²) in [5.41, 5.74) is 3.25. The summed E-state index contributed by atoms with van der Waals surface area (Å²) < 4.78 is 11.1. The number of hydrogen-bond acceptors (Lipinski definition) is 4. The molecule has 0 spiro atoms. The standard InChI is InChI=1S/C18H18N2O2/c1-13-5-3-7-17(14(13)2)22-18-9-8-15(11-20-18)19-12-16-6-4-10-21-16/h3-11,19H,12H2,1-2H3. The van der Waals surface area contributed by atoms with E-state index in [0.717, 1.165) is 22.8 Å². The van der Waals surface area contributed by atoms with Crippen LogP contribution in [0.3, 0.4) is 0 Å². The van der Waals surface area contributed by atoms with Crippen molar-refractivity contribution in [2.45, 2.75) is 20.4 Å². The fourth-order valence-corrected chi connectivity index (χ4v) is 2.09. The first-order valence-corrected chi connectivity index (χ1v) is 7.19. The van der Waals surface area contributed by atoms with Crippen molar-refractivity contribution in [2.24, 2.45) is 0 Å². The third-order valence-electron chi connectivity index (χ3n) is 3.55. The summed E-state index contributed by atoms with van der Waals surface area (Å²) in [7, 11) is 0. The van der Waals surface area contributed by atoms with E-state index in [9.17, 15) is 0 Å². The molecule has 0 bridgehead atoms. The summed E-state index contributed by atoms with van der Waals surface area (Å²) in [5.74, 6) is 2.30. The minimum Gasteiger partial charge on any atom is -0.467 e. The highest BCUT2D eigenvalue weighted by Crippen LogP contribution is 2.26. The summed E-state index contributed by atoms with van der Waals surface area (Å²) in [6.07, 6.45) is 3.42. The maximum atomic E-state index is 5.84. The predicted octanol–water partition coefficient (Wildman–Crippen LogP) is 4.70. The van der Waals surface area contributed by atoms with Crippen LogP contribution in [-0.4, -0.2) is 4.98 Å². The molecule has 2 heterocycles. The van der Waals surface area contributed by atoms with Crippen LogP contribution in [0.15, 0.2) is 59.3 Å². The van der Waals surface area contributed by atoms with Crippen molar-refractivity contribution in [3.63, 3.8) is 0 Å². The second-order valence-electron chi connectivity index (χ2n) is 5.12. The molecule has 0 aliphatic carbocycles.